The van der Waals surface area contributed by atoms with Crippen LogP contribution in [0.3, 0.4) is 0 Å². The molecule has 0 radical (unpaired) electrons. The van der Waals surface area contributed by atoms with Gasteiger partial charge in [-0.25, -0.2) is 0 Å². The molecule has 0 heterocycles. The van der Waals surface area contributed by atoms with E-state index in [0.29, 0.717) is 5.56 Å². The van der Waals surface area contributed by atoms with Crippen LogP contribution in [0, 0.1) is 0 Å². The van der Waals surface area contributed by atoms with Crippen LogP contribution in [-0.2, 0) is 5.66 Å². The van der Waals surface area contributed by atoms with E-state index in [1.165, 1.54) is 12.2 Å². The number of carbonyl (C=O) groups excluding carboxylic acids is 1. The lowest BCUT2D eigenvalue weighted by atomic mass is 9.95. The van der Waals surface area contributed by atoms with Crippen molar-refractivity contribution >= 4 is 11.9 Å². The average Bonchev–Trinajstić information content (AvgIpc) is 2.53. The summed E-state index contributed by atoms with van der Waals surface area (Å²) in [4.78, 5) is 12.1. The summed E-state index contributed by atoms with van der Waals surface area (Å²) >= 11 is 0. The molecule has 0 aromatic heterocycles. The summed E-state index contributed by atoms with van der Waals surface area (Å²) in [6.07, 6.45) is 4.73. The fourth-order valence-electron chi connectivity index (χ4n) is 2.01. The van der Waals surface area contributed by atoms with E-state index in [0.717, 1.165) is 11.1 Å². The molecule has 0 fully saturated rings. The Morgan fingerprint density at radius 2 is 1.62 bits per heavy atom. The van der Waals surface area contributed by atoms with Crippen LogP contribution in [0.15, 0.2) is 73.3 Å². The first-order chi connectivity index (χ1) is 10.0. The quantitative estimate of drug-likeness (QED) is 0.382. The number of ketones is 1. The Morgan fingerprint density at radius 1 is 1.00 bits per heavy atom. The zero-order valence-corrected chi connectivity index (χ0v) is 11.7. The summed E-state index contributed by atoms with van der Waals surface area (Å²) in [7, 11) is 0. The highest BCUT2D eigenvalue weighted by atomic mass is 16.1. The lowest BCUT2D eigenvalue weighted by molar-refractivity contribution is 0.104. The molecule has 0 spiro atoms. The van der Waals surface area contributed by atoms with E-state index in [4.69, 9.17) is 11.5 Å². The molecule has 0 amide bonds. The Hall–Kier alpha value is -2.49. The molecule has 0 unspecified atom stereocenters. The van der Waals surface area contributed by atoms with Crippen molar-refractivity contribution in [1.82, 2.24) is 0 Å². The van der Waals surface area contributed by atoms with E-state index in [1.807, 2.05) is 42.5 Å². The van der Waals surface area contributed by atoms with Gasteiger partial charge in [-0.3, -0.25) is 4.79 Å². The third kappa shape index (κ3) is 3.54. The molecule has 0 aliphatic rings. The summed E-state index contributed by atoms with van der Waals surface area (Å²) in [5, 5.41) is 0. The number of carbonyl (C=O) groups is 1. The molecule has 0 saturated heterocycles. The van der Waals surface area contributed by atoms with E-state index in [2.05, 4.69) is 6.58 Å². The summed E-state index contributed by atoms with van der Waals surface area (Å²) in [5.74, 6) is -0.0661. The first-order valence-electron chi connectivity index (χ1n) is 6.63. The summed E-state index contributed by atoms with van der Waals surface area (Å²) < 4.78 is 0. The number of rotatable bonds is 5. The third-order valence-corrected chi connectivity index (χ3v) is 3.24. The highest BCUT2D eigenvalue weighted by Gasteiger charge is 2.19. The van der Waals surface area contributed by atoms with Crippen LogP contribution in [0.25, 0.3) is 6.08 Å². The van der Waals surface area contributed by atoms with Gasteiger partial charge in [0.05, 0.1) is 0 Å². The predicted octanol–water partition coefficient (Wildman–Crippen LogP) is 2.84. The molecule has 0 atom stereocenters. The van der Waals surface area contributed by atoms with Crippen molar-refractivity contribution in [2.75, 3.05) is 0 Å². The molecular formula is C18H18N2O. The van der Waals surface area contributed by atoms with Gasteiger partial charge >= 0.3 is 0 Å². The molecule has 0 bridgehead atoms. The van der Waals surface area contributed by atoms with Gasteiger partial charge in [0.25, 0.3) is 0 Å². The lowest BCUT2D eigenvalue weighted by Crippen LogP contribution is -2.44. The van der Waals surface area contributed by atoms with Crippen LogP contribution in [0.1, 0.15) is 21.5 Å². The number of benzene rings is 2. The zero-order chi connectivity index (χ0) is 15.3. The third-order valence-electron chi connectivity index (χ3n) is 3.24. The molecule has 4 N–H and O–H groups in total. The second-order valence-corrected chi connectivity index (χ2v) is 4.79. The van der Waals surface area contributed by atoms with Gasteiger partial charge < -0.3 is 11.5 Å². The maximum Gasteiger partial charge on any atom is 0.185 e. The van der Waals surface area contributed by atoms with Crippen molar-refractivity contribution in [3.8, 4) is 0 Å². The molecule has 0 aliphatic heterocycles. The van der Waals surface area contributed by atoms with Gasteiger partial charge in [0.1, 0.15) is 5.66 Å². The molecule has 2 aromatic rings. The summed E-state index contributed by atoms with van der Waals surface area (Å²) in [6, 6.07) is 16.5. The minimum absolute atomic E-state index is 0.0661. The lowest BCUT2D eigenvalue weighted by Gasteiger charge is -2.22. The van der Waals surface area contributed by atoms with Gasteiger partial charge in [-0.2, -0.15) is 0 Å². The number of hydrogen-bond acceptors (Lipinski definition) is 3. The molecular weight excluding hydrogens is 260 g/mol. The molecule has 0 saturated carbocycles. The van der Waals surface area contributed by atoms with Crippen LogP contribution in [0.2, 0.25) is 0 Å². The van der Waals surface area contributed by atoms with E-state index in [9.17, 15) is 4.79 Å². The first-order valence-corrected chi connectivity index (χ1v) is 6.63. The monoisotopic (exact) mass is 278 g/mol. The Labute approximate surface area is 124 Å². The van der Waals surface area contributed by atoms with Crippen LogP contribution in [-0.4, -0.2) is 5.78 Å². The van der Waals surface area contributed by atoms with E-state index in [-0.39, 0.29) is 5.78 Å². The second kappa shape index (κ2) is 6.31. The average molecular weight is 278 g/mol. The predicted molar refractivity (Wildman–Crippen MR) is 86.5 cm³/mol. The van der Waals surface area contributed by atoms with Gasteiger partial charge in [-0.1, -0.05) is 73.3 Å². The Balaban J connectivity index is 2.30. The van der Waals surface area contributed by atoms with Gasteiger partial charge in [0.15, 0.2) is 5.78 Å². The van der Waals surface area contributed by atoms with Crippen molar-refractivity contribution in [2.45, 2.75) is 5.66 Å². The van der Waals surface area contributed by atoms with Crippen LogP contribution in [0.4, 0.5) is 0 Å². The Kier molecular flexibility index (Phi) is 4.48. The van der Waals surface area contributed by atoms with Crippen molar-refractivity contribution < 1.29 is 4.79 Å². The van der Waals surface area contributed by atoms with Crippen LogP contribution < -0.4 is 11.5 Å². The van der Waals surface area contributed by atoms with Gasteiger partial charge in [-0.05, 0) is 17.2 Å². The SMILES string of the molecule is C=CC(N)(N)c1ccccc1/C=C/C(=O)c1ccccc1. The largest absolute Gasteiger partial charge is 0.306 e. The molecule has 3 nitrogen and oxygen atoms in total. The maximum absolute atomic E-state index is 12.1. The molecule has 106 valence electrons. The Morgan fingerprint density at radius 3 is 2.29 bits per heavy atom. The second-order valence-electron chi connectivity index (χ2n) is 4.79. The fourth-order valence-corrected chi connectivity index (χ4v) is 2.01. The minimum Gasteiger partial charge on any atom is -0.306 e. The summed E-state index contributed by atoms with van der Waals surface area (Å²) in [5.41, 5.74) is 13.0. The summed E-state index contributed by atoms with van der Waals surface area (Å²) in [6.45, 7) is 3.65. The molecule has 21 heavy (non-hydrogen) atoms. The van der Waals surface area contributed by atoms with Crippen molar-refractivity contribution in [3.63, 3.8) is 0 Å². The number of hydrogen-bond donors (Lipinski definition) is 2. The minimum atomic E-state index is -1.13. The van der Waals surface area contributed by atoms with Crippen LogP contribution >= 0.6 is 0 Å². The highest BCUT2D eigenvalue weighted by molar-refractivity contribution is 6.06. The first kappa shape index (κ1) is 14.9. The van der Waals surface area contributed by atoms with Crippen molar-refractivity contribution in [3.05, 3.63) is 90.0 Å². The van der Waals surface area contributed by atoms with Crippen LogP contribution in [0.5, 0.6) is 0 Å². The van der Waals surface area contributed by atoms with Gasteiger partial charge in [0, 0.05) is 5.56 Å². The molecule has 0 aliphatic carbocycles. The standard InChI is InChI=1S/C18H18N2O/c1-2-18(19,20)16-11-7-6-8-14(16)12-13-17(21)15-9-4-3-5-10-15/h2-13H,1,19-20H2/b13-12+. The number of allylic oxidation sites excluding steroid dienone is 1. The molecule has 2 rings (SSSR count). The van der Waals surface area contributed by atoms with E-state index in [1.54, 1.807) is 18.2 Å². The van der Waals surface area contributed by atoms with Crippen molar-refractivity contribution in [1.29, 1.82) is 0 Å². The molecule has 3 heteroatoms. The molecule has 2 aromatic carbocycles. The van der Waals surface area contributed by atoms with E-state index < -0.39 is 5.66 Å². The smallest absolute Gasteiger partial charge is 0.185 e. The fraction of sp³-hybridized carbons (Fsp3) is 0.0556. The maximum atomic E-state index is 12.1. The number of nitrogens with two attached hydrogens (primary N) is 2. The normalized spacial score (nSPS) is 11.5. The zero-order valence-electron chi connectivity index (χ0n) is 11.7. The Bertz CT molecular complexity index is 673. The highest BCUT2D eigenvalue weighted by Crippen LogP contribution is 2.20. The van der Waals surface area contributed by atoms with Crippen molar-refractivity contribution in [2.24, 2.45) is 11.5 Å². The topological polar surface area (TPSA) is 69.1 Å². The van der Waals surface area contributed by atoms with Gasteiger partial charge in [0.2, 0.25) is 0 Å². The van der Waals surface area contributed by atoms with E-state index >= 15 is 0 Å². The van der Waals surface area contributed by atoms with Gasteiger partial charge in [-0.15, -0.1) is 0 Å².